The molecular weight excluding hydrogens is 463 g/mol. The molecule has 2 aromatic carbocycles. The van der Waals surface area contributed by atoms with Crippen LogP contribution in [0.4, 0.5) is 10.1 Å². The first kappa shape index (κ1) is 22.5. The molecule has 10 heteroatoms. The monoisotopic (exact) mass is 486 g/mol. The van der Waals surface area contributed by atoms with Crippen LogP contribution in [-0.4, -0.2) is 70.7 Å². The Hall–Kier alpha value is -1.68. The van der Waals surface area contributed by atoms with Gasteiger partial charge < -0.3 is 4.90 Å². The Kier molecular flexibility index (Phi) is 6.06. The highest BCUT2D eigenvalue weighted by Crippen LogP contribution is 2.32. The number of piperazine rings is 1. The zero-order chi connectivity index (χ0) is 22.4. The SMILES string of the molecule is Cc1ccc(F)c(S(=O)(=O)[C@H]2CS(=O)(=O)C[C@@H]2N2CCN(c3cccc(Cl)c3)CC2)c1. The van der Waals surface area contributed by atoms with Gasteiger partial charge in [-0.1, -0.05) is 23.7 Å². The van der Waals surface area contributed by atoms with Crippen molar-refractivity contribution >= 4 is 37.0 Å². The van der Waals surface area contributed by atoms with Gasteiger partial charge in [-0.05, 0) is 42.8 Å². The van der Waals surface area contributed by atoms with Crippen molar-refractivity contribution < 1.29 is 21.2 Å². The van der Waals surface area contributed by atoms with E-state index >= 15 is 0 Å². The summed E-state index contributed by atoms with van der Waals surface area (Å²) < 4.78 is 65.9. The number of rotatable bonds is 4. The summed E-state index contributed by atoms with van der Waals surface area (Å²) in [6.07, 6.45) is 0. The van der Waals surface area contributed by atoms with Crippen molar-refractivity contribution in [3.63, 3.8) is 0 Å². The predicted octanol–water partition coefficient (Wildman–Crippen LogP) is 2.55. The number of hydrogen-bond donors (Lipinski definition) is 0. The van der Waals surface area contributed by atoms with Crippen LogP contribution in [0.3, 0.4) is 0 Å². The van der Waals surface area contributed by atoms with E-state index in [0.29, 0.717) is 36.8 Å². The van der Waals surface area contributed by atoms with Crippen LogP contribution in [0.25, 0.3) is 0 Å². The summed E-state index contributed by atoms with van der Waals surface area (Å²) in [6, 6.07) is 10.7. The Morgan fingerprint density at radius 1 is 1.03 bits per heavy atom. The van der Waals surface area contributed by atoms with E-state index in [2.05, 4.69) is 4.90 Å². The molecule has 0 spiro atoms. The lowest BCUT2D eigenvalue weighted by Gasteiger charge is -2.40. The van der Waals surface area contributed by atoms with E-state index < -0.39 is 47.4 Å². The van der Waals surface area contributed by atoms with Crippen LogP contribution in [0.1, 0.15) is 5.56 Å². The first-order chi connectivity index (χ1) is 14.6. The van der Waals surface area contributed by atoms with E-state index in [0.717, 1.165) is 11.8 Å². The Morgan fingerprint density at radius 2 is 1.74 bits per heavy atom. The van der Waals surface area contributed by atoms with Crippen molar-refractivity contribution in [3.05, 3.63) is 58.9 Å². The van der Waals surface area contributed by atoms with Crippen LogP contribution in [0.5, 0.6) is 0 Å². The lowest BCUT2D eigenvalue weighted by Crippen LogP contribution is -2.55. The van der Waals surface area contributed by atoms with Gasteiger partial charge in [0, 0.05) is 42.9 Å². The highest BCUT2D eigenvalue weighted by atomic mass is 35.5. The molecule has 2 atom stereocenters. The molecule has 2 heterocycles. The first-order valence-electron chi connectivity index (χ1n) is 10.0. The second-order valence-electron chi connectivity index (χ2n) is 8.16. The number of hydrogen-bond acceptors (Lipinski definition) is 6. The molecule has 0 saturated carbocycles. The summed E-state index contributed by atoms with van der Waals surface area (Å²) in [4.78, 5) is 3.63. The van der Waals surface area contributed by atoms with E-state index in [1.165, 1.54) is 12.1 Å². The van der Waals surface area contributed by atoms with Gasteiger partial charge in [-0.15, -0.1) is 0 Å². The minimum atomic E-state index is -4.16. The summed E-state index contributed by atoms with van der Waals surface area (Å²) in [5, 5.41) is -0.556. The standard InChI is InChI=1S/C21H24ClFN2O4S2/c1-15-5-6-18(23)20(11-15)31(28,29)21-14-30(26,27)13-19(21)25-9-7-24(8-10-25)17-4-2-3-16(22)12-17/h2-6,11-12,19,21H,7-10,13-14H2,1H3/t19-,21-/m0/s1. The lowest BCUT2D eigenvalue weighted by atomic mass is 10.1. The van der Waals surface area contributed by atoms with Crippen molar-refractivity contribution in [1.29, 1.82) is 0 Å². The van der Waals surface area contributed by atoms with Crippen LogP contribution in [0, 0.1) is 12.7 Å². The molecule has 2 aliphatic rings. The molecular formula is C21H24ClFN2O4S2. The molecule has 4 rings (SSSR count). The number of benzene rings is 2. The third-order valence-electron chi connectivity index (χ3n) is 6.02. The molecule has 0 N–H and O–H groups in total. The smallest absolute Gasteiger partial charge is 0.186 e. The number of anilines is 1. The van der Waals surface area contributed by atoms with E-state index in [9.17, 15) is 21.2 Å². The topological polar surface area (TPSA) is 74.8 Å². The molecule has 2 fully saturated rings. The zero-order valence-electron chi connectivity index (χ0n) is 17.0. The summed E-state index contributed by atoms with van der Waals surface area (Å²) in [6.45, 7) is 3.92. The molecule has 0 bridgehead atoms. The van der Waals surface area contributed by atoms with Crippen LogP contribution >= 0.6 is 11.6 Å². The zero-order valence-corrected chi connectivity index (χ0v) is 19.4. The normalized spacial score (nSPS) is 24.4. The third-order valence-corrected chi connectivity index (χ3v) is 10.4. The fourth-order valence-corrected chi connectivity index (χ4v) is 9.58. The first-order valence-corrected chi connectivity index (χ1v) is 13.8. The van der Waals surface area contributed by atoms with Gasteiger partial charge in [-0.25, -0.2) is 21.2 Å². The van der Waals surface area contributed by atoms with Crippen molar-refractivity contribution in [2.75, 3.05) is 42.6 Å². The van der Waals surface area contributed by atoms with Gasteiger partial charge in [-0.3, -0.25) is 4.90 Å². The van der Waals surface area contributed by atoms with Gasteiger partial charge in [0.2, 0.25) is 0 Å². The summed E-state index contributed by atoms with van der Waals surface area (Å²) in [7, 11) is -7.71. The van der Waals surface area contributed by atoms with E-state index in [4.69, 9.17) is 11.6 Å². The molecule has 0 radical (unpaired) electrons. The maximum absolute atomic E-state index is 14.4. The highest BCUT2D eigenvalue weighted by molar-refractivity contribution is 7.96. The van der Waals surface area contributed by atoms with Crippen molar-refractivity contribution in [2.45, 2.75) is 23.1 Å². The molecule has 0 unspecified atom stereocenters. The van der Waals surface area contributed by atoms with Crippen molar-refractivity contribution in [1.82, 2.24) is 4.90 Å². The summed E-state index contributed by atoms with van der Waals surface area (Å²) >= 11 is 6.08. The number of halogens is 2. The Bertz CT molecular complexity index is 1200. The molecule has 168 valence electrons. The molecule has 2 aliphatic heterocycles. The molecule has 6 nitrogen and oxygen atoms in total. The molecule has 0 amide bonds. The van der Waals surface area contributed by atoms with Gasteiger partial charge in [0.1, 0.15) is 10.7 Å². The fourth-order valence-electron chi connectivity index (χ4n) is 4.41. The molecule has 0 aromatic heterocycles. The van der Waals surface area contributed by atoms with E-state index in [-0.39, 0.29) is 5.75 Å². The van der Waals surface area contributed by atoms with Gasteiger partial charge in [0.25, 0.3) is 0 Å². The quantitative estimate of drug-likeness (QED) is 0.661. The van der Waals surface area contributed by atoms with Gasteiger partial charge in [0.15, 0.2) is 19.7 Å². The Labute approximate surface area is 187 Å². The fraction of sp³-hybridized carbons (Fsp3) is 0.429. The number of sulfone groups is 2. The van der Waals surface area contributed by atoms with Crippen LogP contribution < -0.4 is 4.90 Å². The summed E-state index contributed by atoms with van der Waals surface area (Å²) in [5.74, 6) is -1.57. The van der Waals surface area contributed by atoms with E-state index in [1.807, 2.05) is 23.1 Å². The molecule has 2 aromatic rings. The molecule has 2 saturated heterocycles. The average molecular weight is 487 g/mol. The van der Waals surface area contributed by atoms with Crippen LogP contribution in [-0.2, 0) is 19.7 Å². The maximum atomic E-state index is 14.4. The average Bonchev–Trinajstić information content (AvgIpc) is 3.06. The van der Waals surface area contributed by atoms with Gasteiger partial charge in [0.05, 0.1) is 16.8 Å². The van der Waals surface area contributed by atoms with Crippen molar-refractivity contribution in [3.8, 4) is 0 Å². The minimum Gasteiger partial charge on any atom is -0.369 e. The van der Waals surface area contributed by atoms with E-state index in [1.54, 1.807) is 13.0 Å². The highest BCUT2D eigenvalue weighted by Gasteiger charge is 2.49. The lowest BCUT2D eigenvalue weighted by molar-refractivity contribution is 0.201. The second kappa shape index (κ2) is 8.35. The number of aryl methyl sites for hydroxylation is 1. The summed E-state index contributed by atoms with van der Waals surface area (Å²) in [5.41, 5.74) is 1.57. The number of nitrogens with zero attached hydrogens (tertiary/aromatic N) is 2. The van der Waals surface area contributed by atoms with Crippen LogP contribution in [0.2, 0.25) is 5.02 Å². The third kappa shape index (κ3) is 4.60. The predicted molar refractivity (Wildman–Crippen MR) is 120 cm³/mol. The largest absolute Gasteiger partial charge is 0.369 e. The second-order valence-corrected chi connectivity index (χ2v) is 12.9. The molecule has 31 heavy (non-hydrogen) atoms. The maximum Gasteiger partial charge on any atom is 0.186 e. The van der Waals surface area contributed by atoms with Gasteiger partial charge in [-0.2, -0.15) is 0 Å². The minimum absolute atomic E-state index is 0.235. The van der Waals surface area contributed by atoms with Crippen LogP contribution in [0.15, 0.2) is 47.4 Å². The Balaban J connectivity index is 1.58. The molecule has 0 aliphatic carbocycles. The van der Waals surface area contributed by atoms with Crippen molar-refractivity contribution in [2.24, 2.45) is 0 Å². The Morgan fingerprint density at radius 3 is 2.42 bits per heavy atom. The van der Waals surface area contributed by atoms with Gasteiger partial charge >= 0.3 is 0 Å².